The number of likely N-dealkylation sites (N-methyl/N-ethyl adjacent to an activating group) is 1. The molecule has 88 valence electrons. The van der Waals surface area contributed by atoms with Crippen molar-refractivity contribution in [2.24, 2.45) is 0 Å². The van der Waals surface area contributed by atoms with Gasteiger partial charge in [-0.05, 0) is 19.1 Å². The van der Waals surface area contributed by atoms with E-state index >= 15 is 0 Å². The zero-order valence-corrected chi connectivity index (χ0v) is 9.64. The fourth-order valence-electron chi connectivity index (χ4n) is 1.58. The van der Waals surface area contributed by atoms with E-state index in [1.54, 1.807) is 6.20 Å². The Morgan fingerprint density at radius 3 is 3.00 bits per heavy atom. The highest BCUT2D eigenvalue weighted by Gasteiger charge is 2.05. The number of carbonyl (C=O) groups is 1. The van der Waals surface area contributed by atoms with Crippen molar-refractivity contribution in [2.75, 3.05) is 13.2 Å². The average Bonchev–Trinajstić information content (AvgIpc) is 2.36. The molecule has 17 heavy (non-hydrogen) atoms. The van der Waals surface area contributed by atoms with Crippen LogP contribution < -0.4 is 10.1 Å². The van der Waals surface area contributed by atoms with E-state index in [4.69, 9.17) is 4.74 Å². The quantitative estimate of drug-likeness (QED) is 0.870. The van der Waals surface area contributed by atoms with Gasteiger partial charge in [-0.3, -0.25) is 9.78 Å². The lowest BCUT2D eigenvalue weighted by atomic mass is 10.2. The van der Waals surface area contributed by atoms with E-state index in [0.717, 1.165) is 10.9 Å². The van der Waals surface area contributed by atoms with Crippen LogP contribution in [-0.2, 0) is 4.79 Å². The SMILES string of the molecule is CCNC(=O)COc1cccc2cccnc12. The van der Waals surface area contributed by atoms with Crippen LogP contribution >= 0.6 is 0 Å². The number of para-hydroxylation sites is 1. The number of pyridine rings is 1. The van der Waals surface area contributed by atoms with E-state index in [1.165, 1.54) is 0 Å². The largest absolute Gasteiger partial charge is 0.481 e. The molecule has 1 amide bonds. The van der Waals surface area contributed by atoms with Gasteiger partial charge in [0.15, 0.2) is 6.61 Å². The van der Waals surface area contributed by atoms with E-state index in [1.807, 2.05) is 37.3 Å². The molecule has 0 fully saturated rings. The predicted molar refractivity (Wildman–Crippen MR) is 65.9 cm³/mol. The van der Waals surface area contributed by atoms with Crippen LogP contribution in [0, 0.1) is 0 Å². The molecule has 2 rings (SSSR count). The second kappa shape index (κ2) is 5.30. The topological polar surface area (TPSA) is 51.2 Å². The number of hydrogen-bond donors (Lipinski definition) is 1. The van der Waals surface area contributed by atoms with Gasteiger partial charge >= 0.3 is 0 Å². The first-order valence-corrected chi connectivity index (χ1v) is 5.54. The number of carbonyl (C=O) groups excluding carboxylic acids is 1. The van der Waals surface area contributed by atoms with Crippen LogP contribution in [0.1, 0.15) is 6.92 Å². The number of rotatable bonds is 4. The monoisotopic (exact) mass is 230 g/mol. The summed E-state index contributed by atoms with van der Waals surface area (Å²) in [4.78, 5) is 15.5. The fourth-order valence-corrected chi connectivity index (χ4v) is 1.58. The Kier molecular flexibility index (Phi) is 3.55. The number of ether oxygens (including phenoxy) is 1. The minimum Gasteiger partial charge on any atom is -0.481 e. The Morgan fingerprint density at radius 2 is 2.18 bits per heavy atom. The maximum atomic E-state index is 11.3. The fraction of sp³-hybridized carbons (Fsp3) is 0.231. The summed E-state index contributed by atoms with van der Waals surface area (Å²) >= 11 is 0. The van der Waals surface area contributed by atoms with Crippen LogP contribution in [0.3, 0.4) is 0 Å². The number of nitrogens with zero attached hydrogens (tertiary/aromatic N) is 1. The number of hydrogen-bond acceptors (Lipinski definition) is 3. The third-order valence-corrected chi connectivity index (χ3v) is 2.33. The van der Waals surface area contributed by atoms with Gasteiger partial charge in [0.05, 0.1) is 0 Å². The van der Waals surface area contributed by atoms with Gasteiger partial charge in [-0.15, -0.1) is 0 Å². The van der Waals surface area contributed by atoms with Gasteiger partial charge in [0, 0.05) is 18.1 Å². The second-order valence-electron chi connectivity index (χ2n) is 3.57. The molecule has 4 heteroatoms. The lowest BCUT2D eigenvalue weighted by molar-refractivity contribution is -0.122. The number of nitrogens with one attached hydrogen (secondary N) is 1. The summed E-state index contributed by atoms with van der Waals surface area (Å²) in [7, 11) is 0. The van der Waals surface area contributed by atoms with Crippen LogP contribution in [0.25, 0.3) is 10.9 Å². The molecule has 1 aromatic heterocycles. The van der Waals surface area contributed by atoms with Crippen molar-refractivity contribution >= 4 is 16.8 Å². The molecule has 0 saturated heterocycles. The van der Waals surface area contributed by atoms with Gasteiger partial charge in [-0.2, -0.15) is 0 Å². The highest BCUT2D eigenvalue weighted by Crippen LogP contribution is 2.22. The first kappa shape index (κ1) is 11.4. The standard InChI is InChI=1S/C13H14N2O2/c1-2-14-12(16)9-17-11-7-3-5-10-6-4-8-15-13(10)11/h3-8H,2,9H2,1H3,(H,14,16). The first-order chi connectivity index (χ1) is 8.31. The van der Waals surface area contributed by atoms with E-state index in [-0.39, 0.29) is 12.5 Å². The molecular weight excluding hydrogens is 216 g/mol. The molecule has 2 aromatic rings. The molecule has 0 radical (unpaired) electrons. The molecular formula is C13H14N2O2. The summed E-state index contributed by atoms with van der Waals surface area (Å²) in [6.07, 6.45) is 1.71. The van der Waals surface area contributed by atoms with Crippen LogP contribution in [0.2, 0.25) is 0 Å². The number of amides is 1. The van der Waals surface area contributed by atoms with E-state index in [0.29, 0.717) is 12.3 Å². The van der Waals surface area contributed by atoms with Crippen molar-refractivity contribution in [3.63, 3.8) is 0 Å². The molecule has 1 N–H and O–H groups in total. The van der Waals surface area contributed by atoms with Crippen LogP contribution in [0.4, 0.5) is 0 Å². The summed E-state index contributed by atoms with van der Waals surface area (Å²) in [5.41, 5.74) is 0.777. The second-order valence-corrected chi connectivity index (χ2v) is 3.57. The Morgan fingerprint density at radius 1 is 1.35 bits per heavy atom. The van der Waals surface area contributed by atoms with Crippen molar-refractivity contribution < 1.29 is 9.53 Å². The summed E-state index contributed by atoms with van der Waals surface area (Å²) in [5, 5.41) is 3.68. The van der Waals surface area contributed by atoms with Gasteiger partial charge < -0.3 is 10.1 Å². The van der Waals surface area contributed by atoms with E-state index < -0.39 is 0 Å². The molecule has 0 bridgehead atoms. The molecule has 4 nitrogen and oxygen atoms in total. The molecule has 0 unspecified atom stereocenters. The van der Waals surface area contributed by atoms with Gasteiger partial charge in [0.25, 0.3) is 5.91 Å². The molecule has 0 aliphatic heterocycles. The van der Waals surface area contributed by atoms with Crippen LogP contribution in [0.5, 0.6) is 5.75 Å². The van der Waals surface area contributed by atoms with Crippen LogP contribution in [0.15, 0.2) is 36.5 Å². The zero-order chi connectivity index (χ0) is 12.1. The Bertz CT molecular complexity index is 520. The van der Waals surface area contributed by atoms with E-state index in [9.17, 15) is 4.79 Å². The first-order valence-electron chi connectivity index (χ1n) is 5.54. The maximum absolute atomic E-state index is 11.3. The molecule has 0 aliphatic rings. The minimum absolute atomic E-state index is 0.0174. The molecule has 0 spiro atoms. The summed E-state index contributed by atoms with van der Waals surface area (Å²) in [5.74, 6) is 0.509. The summed E-state index contributed by atoms with van der Waals surface area (Å²) in [6, 6.07) is 9.49. The molecule has 0 saturated carbocycles. The number of fused-ring (bicyclic) bond motifs is 1. The van der Waals surface area contributed by atoms with Crippen molar-refractivity contribution in [3.05, 3.63) is 36.5 Å². The van der Waals surface area contributed by atoms with Crippen molar-refractivity contribution in [2.45, 2.75) is 6.92 Å². The van der Waals surface area contributed by atoms with Gasteiger partial charge in [0.1, 0.15) is 11.3 Å². The maximum Gasteiger partial charge on any atom is 0.257 e. The molecule has 1 heterocycles. The third-order valence-electron chi connectivity index (χ3n) is 2.33. The average molecular weight is 230 g/mol. The molecule has 0 atom stereocenters. The summed E-state index contributed by atoms with van der Waals surface area (Å²) in [6.45, 7) is 2.50. The Balaban J connectivity index is 2.16. The van der Waals surface area contributed by atoms with Crippen LogP contribution in [-0.4, -0.2) is 24.0 Å². The van der Waals surface area contributed by atoms with Gasteiger partial charge in [-0.25, -0.2) is 0 Å². The summed E-state index contributed by atoms with van der Waals surface area (Å²) < 4.78 is 5.46. The highest BCUT2D eigenvalue weighted by atomic mass is 16.5. The van der Waals surface area contributed by atoms with Crippen molar-refractivity contribution in [1.82, 2.24) is 10.3 Å². The normalized spacial score (nSPS) is 10.2. The van der Waals surface area contributed by atoms with Crippen molar-refractivity contribution in [3.8, 4) is 5.75 Å². The van der Waals surface area contributed by atoms with Crippen molar-refractivity contribution in [1.29, 1.82) is 0 Å². The molecule has 1 aromatic carbocycles. The Hall–Kier alpha value is -2.10. The zero-order valence-electron chi connectivity index (χ0n) is 9.64. The van der Waals surface area contributed by atoms with Gasteiger partial charge in [-0.1, -0.05) is 18.2 Å². The lowest BCUT2D eigenvalue weighted by Gasteiger charge is -2.08. The smallest absolute Gasteiger partial charge is 0.257 e. The highest BCUT2D eigenvalue weighted by molar-refractivity contribution is 5.85. The number of benzene rings is 1. The Labute approximate surface area is 99.6 Å². The minimum atomic E-state index is -0.125. The van der Waals surface area contributed by atoms with E-state index in [2.05, 4.69) is 10.3 Å². The van der Waals surface area contributed by atoms with Gasteiger partial charge in [0.2, 0.25) is 0 Å². The third kappa shape index (κ3) is 2.72. The number of aromatic nitrogens is 1. The lowest BCUT2D eigenvalue weighted by Crippen LogP contribution is -2.28. The molecule has 0 aliphatic carbocycles. The predicted octanol–water partition coefficient (Wildman–Crippen LogP) is 1.75.